The Morgan fingerprint density at radius 1 is 1.19 bits per heavy atom. The van der Waals surface area contributed by atoms with E-state index in [0.29, 0.717) is 6.42 Å². The van der Waals surface area contributed by atoms with Gasteiger partial charge in [-0.15, -0.1) is 0 Å². The molecule has 0 bridgehead atoms. The van der Waals surface area contributed by atoms with Gasteiger partial charge in [0.2, 0.25) is 0 Å². The summed E-state index contributed by atoms with van der Waals surface area (Å²) < 4.78 is 1.78. The van der Waals surface area contributed by atoms with Crippen molar-refractivity contribution in [2.75, 3.05) is 0 Å². The zero-order valence-corrected chi connectivity index (χ0v) is 15.8. The lowest BCUT2D eigenvalue weighted by Gasteiger charge is -2.12. The summed E-state index contributed by atoms with van der Waals surface area (Å²) in [5, 5.41) is 14.9. The minimum Gasteiger partial charge on any atom is -0.481 e. The summed E-state index contributed by atoms with van der Waals surface area (Å²) in [5.41, 5.74) is 5.54. The summed E-state index contributed by atoms with van der Waals surface area (Å²) in [6, 6.07) is 15.4. The van der Waals surface area contributed by atoms with Gasteiger partial charge >= 0.3 is 5.97 Å². The molecule has 5 heteroatoms. The average Bonchev–Trinajstić information content (AvgIpc) is 2.95. The van der Waals surface area contributed by atoms with Gasteiger partial charge < -0.3 is 5.11 Å². The lowest BCUT2D eigenvalue weighted by molar-refractivity contribution is -0.138. The van der Waals surface area contributed by atoms with Gasteiger partial charge in [-0.05, 0) is 43.2 Å². The average molecular weight is 369 g/mol. The number of nitrogens with zero attached hydrogens (tertiary/aromatic N) is 2. The summed E-state index contributed by atoms with van der Waals surface area (Å²) in [6.07, 6.45) is 0.346. The molecule has 1 atom stereocenters. The summed E-state index contributed by atoms with van der Waals surface area (Å²) >= 11 is 6.11. The molecule has 0 spiro atoms. The van der Waals surface area contributed by atoms with Gasteiger partial charge in [0.05, 0.1) is 17.3 Å². The van der Waals surface area contributed by atoms with Crippen molar-refractivity contribution >= 4 is 17.6 Å². The summed E-state index contributed by atoms with van der Waals surface area (Å²) in [5.74, 6) is -1.46. The SMILES string of the molecule is Cc1cccc(C(Cc2cc(-c3ccc(Cl)c(C)c3)n(C)n2)C(=O)O)c1. The molecular formula is C21H21ClN2O2. The van der Waals surface area contributed by atoms with E-state index in [0.717, 1.165) is 38.7 Å². The molecule has 3 aromatic rings. The van der Waals surface area contributed by atoms with E-state index in [9.17, 15) is 9.90 Å². The Morgan fingerprint density at radius 2 is 1.96 bits per heavy atom. The largest absolute Gasteiger partial charge is 0.481 e. The second-order valence-corrected chi connectivity index (χ2v) is 7.02. The number of aryl methyl sites for hydroxylation is 3. The van der Waals surface area contributed by atoms with Crippen molar-refractivity contribution in [1.29, 1.82) is 0 Å². The fourth-order valence-corrected chi connectivity index (χ4v) is 3.26. The van der Waals surface area contributed by atoms with Gasteiger partial charge in [0.1, 0.15) is 0 Å². The molecule has 3 rings (SSSR count). The van der Waals surface area contributed by atoms with Crippen LogP contribution in [0.4, 0.5) is 0 Å². The zero-order chi connectivity index (χ0) is 18.8. The minimum atomic E-state index is -0.842. The van der Waals surface area contributed by atoms with E-state index < -0.39 is 11.9 Å². The number of carboxylic acids is 1. The molecule has 0 saturated heterocycles. The Kier molecular flexibility index (Phi) is 5.14. The second kappa shape index (κ2) is 7.34. The highest BCUT2D eigenvalue weighted by Gasteiger charge is 2.22. The van der Waals surface area contributed by atoms with Crippen molar-refractivity contribution in [2.45, 2.75) is 26.2 Å². The first-order valence-electron chi connectivity index (χ1n) is 8.44. The van der Waals surface area contributed by atoms with Crippen LogP contribution < -0.4 is 0 Å². The first kappa shape index (κ1) is 18.2. The lowest BCUT2D eigenvalue weighted by Crippen LogP contribution is -2.15. The third-order valence-corrected chi connectivity index (χ3v) is 4.96. The third-order valence-electron chi connectivity index (χ3n) is 4.54. The molecule has 26 heavy (non-hydrogen) atoms. The summed E-state index contributed by atoms with van der Waals surface area (Å²) in [7, 11) is 1.87. The molecule has 0 saturated carbocycles. The number of benzene rings is 2. The monoisotopic (exact) mass is 368 g/mol. The first-order valence-corrected chi connectivity index (χ1v) is 8.82. The number of rotatable bonds is 5. The molecule has 4 nitrogen and oxygen atoms in total. The van der Waals surface area contributed by atoms with Crippen LogP contribution in [0.2, 0.25) is 5.02 Å². The number of hydrogen-bond acceptors (Lipinski definition) is 2. The van der Waals surface area contributed by atoms with Gasteiger partial charge in [-0.25, -0.2) is 0 Å². The fourth-order valence-electron chi connectivity index (χ4n) is 3.14. The molecule has 1 unspecified atom stereocenters. The van der Waals surface area contributed by atoms with E-state index in [1.54, 1.807) is 4.68 Å². The van der Waals surface area contributed by atoms with Crippen LogP contribution in [0.5, 0.6) is 0 Å². The van der Waals surface area contributed by atoms with Crippen LogP contribution in [0, 0.1) is 13.8 Å². The Morgan fingerprint density at radius 3 is 2.62 bits per heavy atom. The van der Waals surface area contributed by atoms with Crippen molar-refractivity contribution in [3.63, 3.8) is 0 Å². The Labute approximate surface area is 158 Å². The van der Waals surface area contributed by atoms with Crippen LogP contribution in [0.25, 0.3) is 11.3 Å². The van der Waals surface area contributed by atoms with Crippen LogP contribution in [-0.2, 0) is 18.3 Å². The smallest absolute Gasteiger partial charge is 0.311 e. The number of carboxylic acid groups (broad SMARTS) is 1. The van der Waals surface area contributed by atoms with Crippen LogP contribution in [0.1, 0.15) is 28.3 Å². The molecule has 1 N–H and O–H groups in total. The number of hydrogen-bond donors (Lipinski definition) is 1. The van der Waals surface area contributed by atoms with Crippen molar-refractivity contribution in [3.05, 3.63) is 75.9 Å². The molecule has 134 valence electrons. The predicted molar refractivity (Wildman–Crippen MR) is 104 cm³/mol. The molecule has 2 aromatic carbocycles. The second-order valence-electron chi connectivity index (χ2n) is 6.62. The van der Waals surface area contributed by atoms with Gasteiger partial charge in [-0.3, -0.25) is 9.48 Å². The number of halogens is 1. The number of aromatic nitrogens is 2. The van der Waals surface area contributed by atoms with Crippen molar-refractivity contribution in [1.82, 2.24) is 9.78 Å². The minimum absolute atomic E-state index is 0.346. The molecule has 0 aliphatic rings. The van der Waals surface area contributed by atoms with E-state index in [4.69, 9.17) is 11.6 Å². The molecule has 1 aromatic heterocycles. The fraction of sp³-hybridized carbons (Fsp3) is 0.238. The van der Waals surface area contributed by atoms with Gasteiger partial charge in [-0.2, -0.15) is 5.10 Å². The maximum Gasteiger partial charge on any atom is 0.311 e. The summed E-state index contributed by atoms with van der Waals surface area (Å²) in [4.78, 5) is 11.8. The zero-order valence-electron chi connectivity index (χ0n) is 15.0. The molecule has 0 fully saturated rings. The van der Waals surface area contributed by atoms with E-state index in [2.05, 4.69) is 5.10 Å². The topological polar surface area (TPSA) is 55.1 Å². The predicted octanol–water partition coefficient (Wildman–Crippen LogP) is 4.77. The first-order chi connectivity index (χ1) is 12.3. The number of carbonyl (C=O) groups is 1. The van der Waals surface area contributed by atoms with Gasteiger partial charge in [0.15, 0.2) is 0 Å². The van der Waals surface area contributed by atoms with Crippen LogP contribution in [0.15, 0.2) is 48.5 Å². The molecule has 0 amide bonds. The van der Waals surface area contributed by atoms with Crippen molar-refractivity contribution < 1.29 is 9.90 Å². The lowest BCUT2D eigenvalue weighted by atomic mass is 9.93. The Hall–Kier alpha value is -2.59. The van der Waals surface area contributed by atoms with Gasteiger partial charge in [0.25, 0.3) is 0 Å². The maximum absolute atomic E-state index is 11.8. The Balaban J connectivity index is 1.92. The highest BCUT2D eigenvalue weighted by Crippen LogP contribution is 2.27. The van der Waals surface area contributed by atoms with Crippen LogP contribution in [0.3, 0.4) is 0 Å². The number of aliphatic carboxylic acids is 1. The van der Waals surface area contributed by atoms with E-state index in [1.165, 1.54) is 0 Å². The summed E-state index contributed by atoms with van der Waals surface area (Å²) in [6.45, 7) is 3.92. The Bertz CT molecular complexity index is 962. The van der Waals surface area contributed by atoms with Crippen molar-refractivity contribution in [3.8, 4) is 11.3 Å². The van der Waals surface area contributed by atoms with E-state index in [-0.39, 0.29) is 0 Å². The quantitative estimate of drug-likeness (QED) is 0.705. The normalized spacial score (nSPS) is 12.2. The maximum atomic E-state index is 11.8. The molecule has 1 heterocycles. The molecule has 0 aliphatic carbocycles. The van der Waals surface area contributed by atoms with Crippen LogP contribution in [-0.4, -0.2) is 20.9 Å². The van der Waals surface area contributed by atoms with Gasteiger partial charge in [0, 0.05) is 24.1 Å². The highest BCUT2D eigenvalue weighted by molar-refractivity contribution is 6.31. The van der Waals surface area contributed by atoms with E-state index >= 15 is 0 Å². The van der Waals surface area contributed by atoms with Gasteiger partial charge in [-0.1, -0.05) is 47.5 Å². The molecular weight excluding hydrogens is 348 g/mol. The van der Waals surface area contributed by atoms with E-state index in [1.807, 2.05) is 69.4 Å². The standard InChI is InChI=1S/C21H21ClN2O2/c1-13-5-4-6-15(9-13)18(21(25)26)11-17-12-20(24(3)23-17)16-7-8-19(22)14(2)10-16/h4-10,12,18H,11H2,1-3H3,(H,25,26). The highest BCUT2D eigenvalue weighted by atomic mass is 35.5. The molecule has 0 radical (unpaired) electrons. The molecule has 0 aliphatic heterocycles. The van der Waals surface area contributed by atoms with Crippen molar-refractivity contribution in [2.24, 2.45) is 7.05 Å². The van der Waals surface area contributed by atoms with Crippen LogP contribution >= 0.6 is 11.6 Å². The third kappa shape index (κ3) is 3.81.